The summed E-state index contributed by atoms with van der Waals surface area (Å²) in [5.41, 5.74) is 4.43. The summed E-state index contributed by atoms with van der Waals surface area (Å²) >= 11 is 0. The predicted octanol–water partition coefficient (Wildman–Crippen LogP) is 1.80. The molecular weight excluding hydrogens is 320 g/mol. The molecule has 0 heterocycles. The lowest BCUT2D eigenvalue weighted by Crippen LogP contribution is -2.16. The van der Waals surface area contributed by atoms with E-state index in [1.165, 1.54) is 7.11 Å². The van der Waals surface area contributed by atoms with Crippen LogP contribution in [0.15, 0.2) is 0 Å². The summed E-state index contributed by atoms with van der Waals surface area (Å²) in [4.78, 5) is 28.2. The van der Waals surface area contributed by atoms with Gasteiger partial charge in [0.1, 0.15) is 6.42 Å². The lowest BCUT2D eigenvalue weighted by atomic mass is 10.4. The molecule has 13 heteroatoms. The maximum atomic E-state index is 10.9. The molecule has 0 fully saturated rings. The lowest BCUT2D eigenvalue weighted by molar-refractivity contribution is -0.304. The molecule has 0 atom stereocenters. The molecule has 126 valence electrons. The van der Waals surface area contributed by atoms with E-state index in [2.05, 4.69) is 15.2 Å². The lowest BCUT2D eigenvalue weighted by Gasteiger charge is -2.02. The number of carboxylic acid groups (broad SMARTS) is 1. The Kier molecular flexibility index (Phi) is 12.0. The first-order chi connectivity index (χ1) is 9.10. The van der Waals surface area contributed by atoms with Crippen LogP contribution < -0.4 is 5.73 Å². The summed E-state index contributed by atoms with van der Waals surface area (Å²) in [6.07, 6.45) is -11.9. The van der Waals surface area contributed by atoms with Gasteiger partial charge < -0.3 is 20.3 Å². The summed E-state index contributed by atoms with van der Waals surface area (Å²) in [7, 11) is 1.22. The second kappa shape index (κ2) is 10.6. The third-order valence-corrected chi connectivity index (χ3v) is 0.812. The molecule has 0 saturated heterocycles. The summed E-state index contributed by atoms with van der Waals surface area (Å²) in [5.74, 6) is -3.20. The van der Waals surface area contributed by atoms with Gasteiger partial charge in [0, 0.05) is 6.92 Å². The number of rotatable bonds is 1. The Morgan fingerprint density at radius 1 is 1.10 bits per heavy atom. The van der Waals surface area contributed by atoms with Gasteiger partial charge in [-0.2, -0.15) is 13.2 Å². The average Bonchev–Trinajstić information content (AvgIpc) is 2.10. The second-order valence-electron chi connectivity index (χ2n) is 2.75. The molecule has 0 aliphatic heterocycles. The number of hydrogen-bond donors (Lipinski definition) is 2. The molecule has 0 aliphatic carbocycles. The van der Waals surface area contributed by atoms with Crippen LogP contribution >= 0.6 is 0 Å². The van der Waals surface area contributed by atoms with Crippen LogP contribution in [0.2, 0.25) is 0 Å². The van der Waals surface area contributed by atoms with Gasteiger partial charge in [-0.15, -0.1) is 13.2 Å². The van der Waals surface area contributed by atoms with Crippen LogP contribution in [0.1, 0.15) is 13.3 Å². The van der Waals surface area contributed by atoms with Crippen molar-refractivity contribution < 1.29 is 55.3 Å². The molecule has 0 spiro atoms. The van der Waals surface area contributed by atoms with Gasteiger partial charge in [0.25, 0.3) is 0 Å². The zero-order valence-electron chi connectivity index (χ0n) is 10.5. The predicted molar refractivity (Wildman–Crippen MR) is 52.7 cm³/mol. The third-order valence-electron chi connectivity index (χ3n) is 0.812. The highest BCUT2D eigenvalue weighted by Gasteiger charge is 2.32. The Labute approximate surface area is 113 Å². The fraction of sp³-hybridized carbons (Fsp3) is 0.625. The van der Waals surface area contributed by atoms with Gasteiger partial charge in [0.2, 0.25) is 0 Å². The molecule has 0 unspecified atom stereocenters. The molecule has 1 amide bonds. The number of amides is 1. The smallest absolute Gasteiger partial charge is 0.481 e. The summed E-state index contributed by atoms with van der Waals surface area (Å²) in [6.45, 7) is 0.688. The highest BCUT2D eigenvalue weighted by molar-refractivity contribution is 5.67. The van der Waals surface area contributed by atoms with Gasteiger partial charge in [-0.25, -0.2) is 4.79 Å². The van der Waals surface area contributed by atoms with E-state index in [0.29, 0.717) is 6.92 Å². The first-order valence-corrected chi connectivity index (χ1v) is 4.49. The fourth-order valence-corrected chi connectivity index (χ4v) is 0.334. The molecule has 0 rings (SSSR count). The first-order valence-electron chi connectivity index (χ1n) is 4.49. The Morgan fingerprint density at radius 2 is 1.43 bits per heavy atom. The maximum Gasteiger partial charge on any atom is 0.575 e. The van der Waals surface area contributed by atoms with Gasteiger partial charge in [-0.1, -0.05) is 0 Å². The fourth-order valence-electron chi connectivity index (χ4n) is 0.334. The number of nitrogens with two attached hydrogens (primary N) is 1. The molecule has 0 bridgehead atoms. The minimum atomic E-state index is -4.83. The minimum Gasteiger partial charge on any atom is -0.481 e. The zero-order valence-corrected chi connectivity index (χ0v) is 10.5. The van der Waals surface area contributed by atoms with Gasteiger partial charge in [-0.05, 0) is 0 Å². The van der Waals surface area contributed by atoms with Gasteiger partial charge in [0.05, 0.1) is 7.11 Å². The minimum absolute atomic E-state index is 0.688. The van der Waals surface area contributed by atoms with E-state index in [-0.39, 0.29) is 0 Å². The Balaban J connectivity index is -0.000000239. The number of esters is 1. The highest BCUT2D eigenvalue weighted by Crippen LogP contribution is 2.18. The van der Waals surface area contributed by atoms with E-state index in [4.69, 9.17) is 5.11 Å². The topological polar surface area (TPSA) is 116 Å². The number of carboxylic acids is 1. The van der Waals surface area contributed by atoms with Gasteiger partial charge >= 0.3 is 30.6 Å². The van der Waals surface area contributed by atoms with Crippen molar-refractivity contribution in [2.75, 3.05) is 7.11 Å². The molecule has 0 aromatic carbocycles. The van der Waals surface area contributed by atoms with Crippen molar-refractivity contribution in [3.8, 4) is 0 Å². The first kappa shape index (κ1) is 23.9. The van der Waals surface area contributed by atoms with Gasteiger partial charge in [0.15, 0.2) is 0 Å². The molecule has 0 aromatic rings. The van der Waals surface area contributed by atoms with Crippen LogP contribution in [0.3, 0.4) is 0 Å². The number of ether oxygens (including phenoxy) is 2. The van der Waals surface area contributed by atoms with Crippen molar-refractivity contribution >= 4 is 18.0 Å². The zero-order chi connectivity index (χ0) is 17.9. The number of primary amides is 1. The molecule has 0 radical (unpaired) electrons. The number of hydrogen-bond acceptors (Lipinski definition) is 5. The van der Waals surface area contributed by atoms with E-state index in [0.717, 1.165) is 0 Å². The van der Waals surface area contributed by atoms with Crippen molar-refractivity contribution in [3.05, 3.63) is 0 Å². The average molecular weight is 331 g/mol. The van der Waals surface area contributed by atoms with Crippen molar-refractivity contribution in [1.29, 1.82) is 0 Å². The van der Waals surface area contributed by atoms with Gasteiger partial charge in [-0.3, -0.25) is 9.59 Å². The van der Waals surface area contributed by atoms with Crippen LogP contribution in [0.5, 0.6) is 0 Å². The van der Waals surface area contributed by atoms with Crippen LogP contribution in [0, 0.1) is 0 Å². The standard InChI is InChI=1S/2C3H3F3O2.C2H5NO2/c1-2(7)8-3(4,5)6;4-3(5,6)1-2(7)8;1-5-2(3)4/h1H3;1H2,(H,7,8);1H3,(H2,3,4). The number of carbonyl (C=O) groups excluding carboxylic acids is 2. The Hall–Kier alpha value is -2.21. The second-order valence-corrected chi connectivity index (χ2v) is 2.75. The van der Waals surface area contributed by atoms with E-state index >= 15 is 0 Å². The molecule has 0 aromatic heterocycles. The third kappa shape index (κ3) is 46.3. The molecule has 7 nitrogen and oxygen atoms in total. The quantitative estimate of drug-likeness (QED) is 0.559. The monoisotopic (exact) mass is 331 g/mol. The van der Waals surface area contributed by atoms with E-state index in [1.54, 1.807) is 0 Å². The van der Waals surface area contributed by atoms with E-state index in [9.17, 15) is 40.7 Å². The molecule has 0 aliphatic rings. The van der Waals surface area contributed by atoms with Crippen molar-refractivity contribution in [1.82, 2.24) is 0 Å². The number of halogens is 6. The Morgan fingerprint density at radius 3 is 1.43 bits per heavy atom. The SMILES string of the molecule is CC(=O)OC(F)(F)F.COC(N)=O.O=C(O)CC(F)(F)F. The number of aliphatic carboxylic acids is 1. The van der Waals surface area contributed by atoms with Crippen LogP contribution in [0.25, 0.3) is 0 Å². The summed E-state index contributed by atoms with van der Waals surface area (Å²) in [5, 5.41) is 7.53. The molecule has 21 heavy (non-hydrogen) atoms. The van der Waals surface area contributed by atoms with E-state index < -0.39 is 37.0 Å². The molecule has 0 saturated carbocycles. The van der Waals surface area contributed by atoms with Crippen molar-refractivity contribution in [2.24, 2.45) is 5.73 Å². The normalized spacial score (nSPS) is 10.1. The molecule has 3 N–H and O–H groups in total. The number of methoxy groups -OCH3 is 1. The molecular formula is C8H11F6NO6. The van der Waals surface area contributed by atoms with Crippen LogP contribution in [0.4, 0.5) is 31.1 Å². The van der Waals surface area contributed by atoms with Crippen LogP contribution in [-0.4, -0.2) is 42.8 Å². The largest absolute Gasteiger partial charge is 0.575 e. The number of alkyl halides is 6. The maximum absolute atomic E-state index is 10.9. The highest BCUT2D eigenvalue weighted by atomic mass is 19.4. The van der Waals surface area contributed by atoms with Crippen molar-refractivity contribution in [3.63, 3.8) is 0 Å². The summed E-state index contributed by atoms with van der Waals surface area (Å²) in [6, 6.07) is 0. The summed E-state index contributed by atoms with van der Waals surface area (Å²) < 4.78 is 72.1. The Bertz CT molecular complexity index is 313. The van der Waals surface area contributed by atoms with E-state index in [1.807, 2.05) is 0 Å². The number of carbonyl (C=O) groups is 3. The van der Waals surface area contributed by atoms with Crippen LogP contribution in [-0.2, 0) is 19.1 Å². The van der Waals surface area contributed by atoms with Crippen molar-refractivity contribution in [2.45, 2.75) is 25.9 Å².